The molecule has 1 aliphatic heterocycles. The lowest BCUT2D eigenvalue weighted by atomic mass is 9.58. The highest BCUT2D eigenvalue weighted by Crippen LogP contribution is 2.61. The van der Waals surface area contributed by atoms with Gasteiger partial charge in [-0.05, 0) is 30.5 Å². The van der Waals surface area contributed by atoms with Crippen molar-refractivity contribution in [1.82, 2.24) is 0 Å². The average molecular weight is 340 g/mol. The first-order chi connectivity index (χ1) is 10.8. The van der Waals surface area contributed by atoms with Gasteiger partial charge in [-0.3, -0.25) is 0 Å². The van der Waals surface area contributed by atoms with Crippen LogP contribution in [0.2, 0.25) is 0 Å². The van der Waals surface area contributed by atoms with Crippen molar-refractivity contribution in [2.75, 3.05) is 33.2 Å². The Morgan fingerprint density at radius 3 is 2.26 bits per heavy atom. The van der Waals surface area contributed by atoms with Gasteiger partial charge < -0.3 is 14.2 Å². The molecule has 0 unspecified atom stereocenters. The maximum atomic E-state index is 12.4. The van der Waals surface area contributed by atoms with Crippen LogP contribution >= 0.6 is 0 Å². The SMILES string of the molecule is COC(=O)COc1ccc(C2(S(C)(=O)=O)CC3(COC3)C2)cc1. The molecule has 23 heavy (non-hydrogen) atoms. The summed E-state index contributed by atoms with van der Waals surface area (Å²) in [5, 5.41) is 0. The molecule has 6 nitrogen and oxygen atoms in total. The molecule has 3 rings (SSSR count). The molecule has 126 valence electrons. The Bertz CT molecular complexity index is 695. The molecule has 0 bridgehead atoms. The van der Waals surface area contributed by atoms with Crippen molar-refractivity contribution >= 4 is 15.8 Å². The molecule has 1 aromatic carbocycles. The molecule has 1 aliphatic carbocycles. The van der Waals surface area contributed by atoms with E-state index in [-0.39, 0.29) is 12.0 Å². The first-order valence-electron chi connectivity index (χ1n) is 7.38. The number of rotatable bonds is 5. The van der Waals surface area contributed by atoms with Gasteiger partial charge in [-0.2, -0.15) is 0 Å². The minimum absolute atomic E-state index is 0.0309. The Hall–Kier alpha value is -1.60. The van der Waals surface area contributed by atoms with Crippen molar-refractivity contribution in [2.24, 2.45) is 5.41 Å². The molecule has 1 saturated carbocycles. The lowest BCUT2D eigenvalue weighted by molar-refractivity contribution is -0.172. The third-order valence-electron chi connectivity index (χ3n) is 4.81. The number of hydrogen-bond donors (Lipinski definition) is 0. The zero-order chi connectivity index (χ0) is 16.7. The number of benzene rings is 1. The number of sulfone groups is 1. The van der Waals surface area contributed by atoms with E-state index in [9.17, 15) is 13.2 Å². The standard InChI is InChI=1S/C16H20O6S/c1-20-14(17)7-22-13-5-3-12(4-6-13)16(23(2,18)19)8-15(9-16)10-21-11-15/h3-6H,7-11H2,1-2H3. The number of ether oxygens (including phenoxy) is 3. The van der Waals surface area contributed by atoms with Crippen LogP contribution in [0.15, 0.2) is 24.3 Å². The predicted octanol–water partition coefficient (Wildman–Crippen LogP) is 1.29. The number of hydrogen-bond acceptors (Lipinski definition) is 6. The Morgan fingerprint density at radius 1 is 1.22 bits per heavy atom. The van der Waals surface area contributed by atoms with Gasteiger partial charge in [0.25, 0.3) is 0 Å². The van der Waals surface area contributed by atoms with Gasteiger partial charge in [-0.15, -0.1) is 0 Å². The molecule has 1 spiro atoms. The van der Waals surface area contributed by atoms with Crippen molar-refractivity contribution in [3.8, 4) is 5.75 Å². The first kappa shape index (κ1) is 16.3. The van der Waals surface area contributed by atoms with Crippen LogP contribution in [-0.4, -0.2) is 47.6 Å². The van der Waals surface area contributed by atoms with Gasteiger partial charge in [0, 0.05) is 11.7 Å². The number of carbonyl (C=O) groups excluding carboxylic acids is 1. The summed E-state index contributed by atoms with van der Waals surface area (Å²) in [6.45, 7) is 1.11. The van der Waals surface area contributed by atoms with Crippen LogP contribution in [0.3, 0.4) is 0 Å². The summed E-state index contributed by atoms with van der Waals surface area (Å²) in [4.78, 5) is 11.1. The van der Waals surface area contributed by atoms with E-state index in [0.717, 1.165) is 5.56 Å². The molecule has 0 aromatic heterocycles. The molecule has 0 N–H and O–H groups in total. The Kier molecular flexibility index (Phi) is 3.88. The van der Waals surface area contributed by atoms with Gasteiger partial charge in [0.05, 0.1) is 25.1 Å². The molecule has 2 fully saturated rings. The van der Waals surface area contributed by atoms with E-state index in [1.807, 2.05) is 0 Å². The number of carbonyl (C=O) groups is 1. The normalized spacial score (nSPS) is 21.1. The quantitative estimate of drug-likeness (QED) is 0.752. The lowest BCUT2D eigenvalue weighted by Crippen LogP contribution is -2.62. The fraction of sp³-hybridized carbons (Fsp3) is 0.562. The molecule has 1 aromatic rings. The molecular weight excluding hydrogens is 320 g/mol. The summed E-state index contributed by atoms with van der Waals surface area (Å²) >= 11 is 0. The molecule has 2 aliphatic rings. The molecule has 1 saturated heterocycles. The van der Waals surface area contributed by atoms with Crippen LogP contribution in [-0.2, 0) is 28.9 Å². The van der Waals surface area contributed by atoms with Gasteiger partial charge in [-0.1, -0.05) is 12.1 Å². The summed E-state index contributed by atoms with van der Waals surface area (Å²) in [6.07, 6.45) is 2.49. The second-order valence-electron chi connectivity index (χ2n) is 6.50. The van der Waals surface area contributed by atoms with Gasteiger partial charge in [0.2, 0.25) is 0 Å². The van der Waals surface area contributed by atoms with Gasteiger partial charge in [0.1, 0.15) is 5.75 Å². The minimum Gasteiger partial charge on any atom is -0.482 e. The van der Waals surface area contributed by atoms with E-state index in [4.69, 9.17) is 9.47 Å². The van der Waals surface area contributed by atoms with E-state index in [1.165, 1.54) is 13.4 Å². The van der Waals surface area contributed by atoms with Crippen molar-refractivity contribution in [3.05, 3.63) is 29.8 Å². The van der Waals surface area contributed by atoms with Crippen molar-refractivity contribution in [1.29, 1.82) is 0 Å². The molecule has 0 amide bonds. The smallest absolute Gasteiger partial charge is 0.343 e. The van der Waals surface area contributed by atoms with Gasteiger partial charge in [0.15, 0.2) is 16.4 Å². The van der Waals surface area contributed by atoms with E-state index in [2.05, 4.69) is 4.74 Å². The van der Waals surface area contributed by atoms with Crippen molar-refractivity contribution in [2.45, 2.75) is 17.6 Å². The molecule has 7 heteroatoms. The maximum Gasteiger partial charge on any atom is 0.343 e. The van der Waals surface area contributed by atoms with Gasteiger partial charge >= 0.3 is 5.97 Å². The van der Waals surface area contributed by atoms with Crippen LogP contribution in [0.1, 0.15) is 18.4 Å². The summed E-state index contributed by atoms with van der Waals surface area (Å²) < 4.78 is 39.0. The second kappa shape index (κ2) is 5.49. The average Bonchev–Trinajstić information content (AvgIpc) is 2.42. The van der Waals surface area contributed by atoms with E-state index < -0.39 is 20.6 Å². The summed E-state index contributed by atoms with van der Waals surface area (Å²) in [5.41, 5.74) is 0.798. The van der Waals surface area contributed by atoms with Crippen LogP contribution in [0, 0.1) is 5.41 Å². The fourth-order valence-corrected chi connectivity index (χ4v) is 5.19. The minimum atomic E-state index is -3.24. The Morgan fingerprint density at radius 2 is 1.83 bits per heavy atom. The fourth-order valence-electron chi connectivity index (χ4n) is 3.49. The van der Waals surface area contributed by atoms with E-state index in [1.54, 1.807) is 24.3 Å². The van der Waals surface area contributed by atoms with Gasteiger partial charge in [-0.25, -0.2) is 13.2 Å². The highest BCUT2D eigenvalue weighted by atomic mass is 32.2. The monoisotopic (exact) mass is 340 g/mol. The van der Waals surface area contributed by atoms with Crippen LogP contribution < -0.4 is 4.74 Å². The maximum absolute atomic E-state index is 12.4. The zero-order valence-corrected chi connectivity index (χ0v) is 14.0. The summed E-state index contributed by atoms with van der Waals surface area (Å²) in [6, 6.07) is 6.90. The molecule has 0 radical (unpaired) electrons. The third kappa shape index (κ3) is 2.72. The Labute approximate surface area is 135 Å². The Balaban J connectivity index is 1.78. The molecular formula is C16H20O6S. The third-order valence-corrected chi connectivity index (χ3v) is 6.76. The highest BCUT2D eigenvalue weighted by Gasteiger charge is 2.63. The number of esters is 1. The summed E-state index contributed by atoms with van der Waals surface area (Å²) in [5.74, 6) is 0.0383. The van der Waals surface area contributed by atoms with Crippen LogP contribution in [0.25, 0.3) is 0 Å². The lowest BCUT2D eigenvalue weighted by Gasteiger charge is -2.59. The van der Waals surface area contributed by atoms with Crippen LogP contribution in [0.4, 0.5) is 0 Å². The van der Waals surface area contributed by atoms with Crippen molar-refractivity contribution < 1.29 is 27.4 Å². The zero-order valence-electron chi connectivity index (χ0n) is 13.2. The first-order valence-corrected chi connectivity index (χ1v) is 9.27. The highest BCUT2D eigenvalue weighted by molar-refractivity contribution is 7.91. The van der Waals surface area contributed by atoms with Crippen molar-refractivity contribution in [3.63, 3.8) is 0 Å². The summed E-state index contributed by atoms with van der Waals surface area (Å²) in [7, 11) is -1.95. The largest absolute Gasteiger partial charge is 0.482 e. The van der Waals surface area contributed by atoms with E-state index >= 15 is 0 Å². The second-order valence-corrected chi connectivity index (χ2v) is 8.83. The number of methoxy groups -OCH3 is 1. The molecule has 0 atom stereocenters. The molecule has 1 heterocycles. The topological polar surface area (TPSA) is 78.9 Å². The van der Waals surface area contributed by atoms with E-state index in [0.29, 0.717) is 31.8 Å². The van der Waals surface area contributed by atoms with Crippen LogP contribution in [0.5, 0.6) is 5.75 Å². The predicted molar refractivity (Wildman–Crippen MR) is 83.0 cm³/mol.